The number of rotatable bonds is 26. The molecule has 10 heteroatoms. The average molecular weight is 573 g/mol. The van der Waals surface area contributed by atoms with Crippen LogP contribution in [0.4, 0.5) is 0 Å². The van der Waals surface area contributed by atoms with Crippen molar-refractivity contribution in [3.63, 3.8) is 0 Å². The Labute approximate surface area is 241 Å². The van der Waals surface area contributed by atoms with Crippen LogP contribution in [0.1, 0.15) is 98.8 Å². The Balaban J connectivity index is 4.21. The monoisotopic (exact) mass is 572 g/mol. The summed E-state index contributed by atoms with van der Waals surface area (Å²) in [6.07, 6.45) is 12.0. The molecule has 0 heterocycles. The maximum atomic E-state index is 12.3. The van der Waals surface area contributed by atoms with Crippen LogP contribution in [0.3, 0.4) is 0 Å². The molecule has 234 valence electrons. The van der Waals surface area contributed by atoms with Gasteiger partial charge in [0.05, 0.1) is 32.8 Å². The first kappa shape index (κ1) is 37.8. The molecule has 0 aromatic heterocycles. The van der Waals surface area contributed by atoms with Gasteiger partial charge in [0.1, 0.15) is 0 Å². The third kappa shape index (κ3) is 23.7. The molecule has 10 nitrogen and oxygen atoms in total. The first-order valence-electron chi connectivity index (χ1n) is 15.0. The molecule has 0 aliphatic heterocycles. The molecule has 0 aromatic rings. The summed E-state index contributed by atoms with van der Waals surface area (Å²) in [7, 11) is 0. The molecule has 0 bridgehead atoms. The molecule has 0 saturated carbocycles. The molecule has 0 saturated heterocycles. The van der Waals surface area contributed by atoms with Crippen molar-refractivity contribution in [2.45, 2.75) is 98.8 Å². The van der Waals surface area contributed by atoms with E-state index in [0.29, 0.717) is 5.92 Å². The summed E-state index contributed by atoms with van der Waals surface area (Å²) in [4.78, 5) is 47.9. The molecule has 0 amide bonds. The van der Waals surface area contributed by atoms with Crippen molar-refractivity contribution in [1.82, 2.24) is 9.80 Å². The van der Waals surface area contributed by atoms with Gasteiger partial charge in [0, 0.05) is 13.1 Å². The Kier molecular flexibility index (Phi) is 21.2. The van der Waals surface area contributed by atoms with Gasteiger partial charge in [-0.15, -0.1) is 0 Å². The summed E-state index contributed by atoms with van der Waals surface area (Å²) in [5.74, 6) is -1.33. The van der Waals surface area contributed by atoms with Crippen molar-refractivity contribution in [1.29, 1.82) is 0 Å². The van der Waals surface area contributed by atoms with Crippen LogP contribution < -0.4 is 0 Å². The highest BCUT2D eigenvalue weighted by Gasteiger charge is 2.19. The maximum absolute atomic E-state index is 12.3. The highest BCUT2D eigenvalue weighted by Crippen LogP contribution is 2.22. The lowest BCUT2D eigenvalue weighted by atomic mass is 9.91. The number of carboxylic acids is 3. The topological polar surface area (TPSA) is 145 Å². The second-order valence-electron chi connectivity index (χ2n) is 12.1. The molecule has 0 spiro atoms. The lowest BCUT2D eigenvalue weighted by Crippen LogP contribution is -2.43. The zero-order valence-corrected chi connectivity index (χ0v) is 25.6. The largest absolute Gasteiger partial charge is 0.480 e. The summed E-state index contributed by atoms with van der Waals surface area (Å²) >= 11 is 0. The molecule has 0 rings (SSSR count). The molecule has 0 aliphatic carbocycles. The van der Waals surface area contributed by atoms with Gasteiger partial charge < -0.3 is 20.1 Å². The number of carbonyl (C=O) groups is 4. The number of aliphatic carboxylic acids is 3. The van der Waals surface area contributed by atoms with E-state index in [1.165, 1.54) is 54.7 Å². The third-order valence-corrected chi connectivity index (χ3v) is 7.30. The van der Waals surface area contributed by atoms with Gasteiger partial charge in [-0.3, -0.25) is 29.0 Å². The number of ether oxygens (including phenoxy) is 1. The van der Waals surface area contributed by atoms with E-state index in [2.05, 4.69) is 34.6 Å². The van der Waals surface area contributed by atoms with Crippen molar-refractivity contribution >= 4 is 23.9 Å². The van der Waals surface area contributed by atoms with Gasteiger partial charge in [0.25, 0.3) is 0 Å². The van der Waals surface area contributed by atoms with Crippen LogP contribution in [0, 0.1) is 23.7 Å². The van der Waals surface area contributed by atoms with Crippen LogP contribution in [0.5, 0.6) is 0 Å². The zero-order valence-electron chi connectivity index (χ0n) is 25.6. The lowest BCUT2D eigenvalue weighted by molar-refractivity contribution is -0.148. The predicted octanol–water partition coefficient (Wildman–Crippen LogP) is 4.85. The van der Waals surface area contributed by atoms with E-state index in [0.717, 1.165) is 37.0 Å². The smallest absolute Gasteiger partial charge is 0.320 e. The van der Waals surface area contributed by atoms with Gasteiger partial charge in [-0.1, -0.05) is 92.4 Å². The Hall–Kier alpha value is -2.20. The van der Waals surface area contributed by atoms with Crippen molar-refractivity contribution in [3.8, 4) is 0 Å². The molecular weight excluding hydrogens is 516 g/mol. The predicted molar refractivity (Wildman–Crippen MR) is 155 cm³/mol. The summed E-state index contributed by atoms with van der Waals surface area (Å²) in [5, 5.41) is 27.0. The van der Waals surface area contributed by atoms with E-state index < -0.39 is 43.5 Å². The van der Waals surface area contributed by atoms with Gasteiger partial charge >= 0.3 is 23.9 Å². The van der Waals surface area contributed by atoms with Crippen molar-refractivity contribution < 1.29 is 39.2 Å². The summed E-state index contributed by atoms with van der Waals surface area (Å²) < 4.78 is 5.33. The second kappa shape index (κ2) is 22.5. The van der Waals surface area contributed by atoms with Gasteiger partial charge in [-0.2, -0.15) is 0 Å². The highest BCUT2D eigenvalue weighted by molar-refractivity contribution is 5.74. The summed E-state index contributed by atoms with van der Waals surface area (Å²) in [5.41, 5.74) is 0. The number of carbonyl (C=O) groups excluding carboxylic acids is 1. The Bertz CT molecular complexity index is 714. The molecule has 0 fully saturated rings. The molecule has 0 radical (unpaired) electrons. The molecular formula is C30H56N2O8. The summed E-state index contributed by atoms with van der Waals surface area (Å²) in [6, 6.07) is 0. The van der Waals surface area contributed by atoms with Crippen molar-refractivity contribution in [3.05, 3.63) is 0 Å². The van der Waals surface area contributed by atoms with E-state index in [4.69, 9.17) is 20.1 Å². The fourth-order valence-corrected chi connectivity index (χ4v) is 4.82. The van der Waals surface area contributed by atoms with E-state index in [1.54, 1.807) is 0 Å². The van der Waals surface area contributed by atoms with E-state index in [9.17, 15) is 19.2 Å². The van der Waals surface area contributed by atoms with Gasteiger partial charge in [-0.05, 0) is 30.1 Å². The van der Waals surface area contributed by atoms with E-state index in [-0.39, 0.29) is 26.2 Å². The van der Waals surface area contributed by atoms with Crippen molar-refractivity contribution in [2.24, 2.45) is 23.7 Å². The number of carboxylic acid groups (broad SMARTS) is 3. The average Bonchev–Trinajstić information content (AvgIpc) is 2.81. The molecule has 0 aromatic carbocycles. The van der Waals surface area contributed by atoms with Crippen LogP contribution >= 0.6 is 0 Å². The Morgan fingerprint density at radius 2 is 0.900 bits per heavy atom. The van der Waals surface area contributed by atoms with Crippen LogP contribution in [0.15, 0.2) is 0 Å². The fraction of sp³-hybridized carbons (Fsp3) is 0.867. The summed E-state index contributed by atoms with van der Waals surface area (Å²) in [6.45, 7) is 10.0. The number of esters is 1. The van der Waals surface area contributed by atoms with Gasteiger partial charge in [-0.25, -0.2) is 0 Å². The number of hydrogen-bond donors (Lipinski definition) is 3. The minimum absolute atomic E-state index is 0.00800. The zero-order chi connectivity index (χ0) is 30.5. The van der Waals surface area contributed by atoms with Crippen LogP contribution in [0.25, 0.3) is 0 Å². The lowest BCUT2D eigenvalue weighted by Gasteiger charge is -2.24. The Morgan fingerprint density at radius 1 is 0.550 bits per heavy atom. The normalized spacial score (nSPS) is 13.9. The van der Waals surface area contributed by atoms with Gasteiger partial charge in [0.2, 0.25) is 0 Å². The first-order valence-corrected chi connectivity index (χ1v) is 15.0. The standard InChI is InChI=1S/C30H56N2O8/c1-23(2)9-6-10-24(3)11-7-12-25(4)13-8-14-26(5)15-18-40-30(39)22-32(21-29(37)38)17-16-31(19-27(33)34)20-28(35)36/h23-26H,6-22H2,1-5H3,(H,33,34)(H,35,36)(H,37,38). The molecule has 3 atom stereocenters. The van der Waals surface area contributed by atoms with Crippen LogP contribution in [-0.4, -0.2) is 94.9 Å². The first-order chi connectivity index (χ1) is 18.8. The number of hydrogen-bond acceptors (Lipinski definition) is 7. The highest BCUT2D eigenvalue weighted by atomic mass is 16.5. The maximum Gasteiger partial charge on any atom is 0.320 e. The SMILES string of the molecule is CC(C)CCCC(C)CCCC(C)CCCC(C)CCOC(=O)CN(CCN(CC(=O)O)CC(=O)O)CC(=O)O. The van der Waals surface area contributed by atoms with E-state index in [1.807, 2.05) is 0 Å². The molecule has 3 unspecified atom stereocenters. The van der Waals surface area contributed by atoms with Crippen LogP contribution in [-0.2, 0) is 23.9 Å². The van der Waals surface area contributed by atoms with Gasteiger partial charge in [0.15, 0.2) is 0 Å². The minimum Gasteiger partial charge on any atom is -0.480 e. The minimum atomic E-state index is -1.19. The van der Waals surface area contributed by atoms with Crippen molar-refractivity contribution in [2.75, 3.05) is 45.9 Å². The second-order valence-corrected chi connectivity index (χ2v) is 12.1. The third-order valence-electron chi connectivity index (χ3n) is 7.30. The molecule has 3 N–H and O–H groups in total. The van der Waals surface area contributed by atoms with E-state index >= 15 is 0 Å². The Morgan fingerprint density at radius 3 is 1.27 bits per heavy atom. The quantitative estimate of drug-likeness (QED) is 0.123. The number of nitrogens with zero attached hydrogens (tertiary/aromatic N) is 2. The molecule has 40 heavy (non-hydrogen) atoms. The van der Waals surface area contributed by atoms with Crippen LogP contribution in [0.2, 0.25) is 0 Å². The fourth-order valence-electron chi connectivity index (χ4n) is 4.82. The molecule has 0 aliphatic rings.